The molecule has 156 valence electrons. The lowest BCUT2D eigenvalue weighted by Crippen LogP contribution is -2.48. The van der Waals surface area contributed by atoms with Crippen molar-refractivity contribution in [3.05, 3.63) is 35.6 Å². The first kappa shape index (κ1) is 22.1. The molecule has 1 fully saturated rings. The number of carbonyl (C=O) groups is 2. The van der Waals surface area contributed by atoms with Gasteiger partial charge in [-0.05, 0) is 58.5 Å². The van der Waals surface area contributed by atoms with Crippen molar-refractivity contribution in [1.82, 2.24) is 20.0 Å². The van der Waals surface area contributed by atoms with Gasteiger partial charge in [-0.25, -0.2) is 9.18 Å². The molecule has 1 atom stereocenters. The van der Waals surface area contributed by atoms with Crippen molar-refractivity contribution in [2.24, 2.45) is 5.92 Å². The molecule has 0 radical (unpaired) electrons. The molecule has 0 aromatic heterocycles. The van der Waals surface area contributed by atoms with E-state index in [0.717, 1.165) is 5.56 Å². The van der Waals surface area contributed by atoms with Gasteiger partial charge in [0.25, 0.3) is 0 Å². The van der Waals surface area contributed by atoms with Crippen LogP contribution < -0.4 is 5.32 Å². The van der Waals surface area contributed by atoms with E-state index in [-0.39, 0.29) is 29.7 Å². The third kappa shape index (κ3) is 5.67. The van der Waals surface area contributed by atoms with Gasteiger partial charge in [0.1, 0.15) is 5.82 Å². The van der Waals surface area contributed by atoms with Crippen molar-refractivity contribution in [1.29, 1.82) is 0 Å². The number of rotatable bonds is 7. The lowest BCUT2D eigenvalue weighted by atomic mass is 9.95. The van der Waals surface area contributed by atoms with E-state index >= 15 is 0 Å². The molecule has 1 aromatic rings. The van der Waals surface area contributed by atoms with Crippen LogP contribution in [0.3, 0.4) is 0 Å². The number of nitrogens with zero attached hydrogens (tertiary/aromatic N) is 3. The number of halogens is 1. The third-order valence-electron chi connectivity index (χ3n) is 5.50. The van der Waals surface area contributed by atoms with Crippen molar-refractivity contribution < 1.29 is 14.0 Å². The van der Waals surface area contributed by atoms with Gasteiger partial charge < -0.3 is 20.0 Å². The average molecular weight is 393 g/mol. The predicted molar refractivity (Wildman–Crippen MR) is 108 cm³/mol. The molecule has 0 bridgehead atoms. The maximum Gasteiger partial charge on any atom is 0.319 e. The van der Waals surface area contributed by atoms with Crippen molar-refractivity contribution in [3.63, 3.8) is 0 Å². The fourth-order valence-electron chi connectivity index (χ4n) is 3.68. The highest BCUT2D eigenvalue weighted by molar-refractivity contribution is 5.79. The fraction of sp³-hybridized carbons (Fsp3) is 0.619. The predicted octanol–water partition coefficient (Wildman–Crippen LogP) is 2.72. The van der Waals surface area contributed by atoms with Crippen molar-refractivity contribution in [3.8, 4) is 0 Å². The highest BCUT2D eigenvalue weighted by atomic mass is 19.1. The number of amides is 3. The van der Waals surface area contributed by atoms with Crippen LogP contribution in [0, 0.1) is 11.7 Å². The number of urea groups is 1. The smallest absolute Gasteiger partial charge is 0.319 e. The molecule has 0 aliphatic carbocycles. The minimum absolute atomic E-state index is 0.0122. The maximum absolute atomic E-state index is 13.5. The molecule has 1 aliphatic heterocycles. The second kappa shape index (κ2) is 10.4. The first-order valence-electron chi connectivity index (χ1n) is 10.1. The number of nitrogens with one attached hydrogen (secondary N) is 1. The molecular formula is C21H33FN4O2. The van der Waals surface area contributed by atoms with Gasteiger partial charge in [0.05, 0.1) is 6.04 Å². The molecule has 1 unspecified atom stereocenters. The second-order valence-electron chi connectivity index (χ2n) is 7.50. The minimum Gasteiger partial charge on any atom is -0.354 e. The zero-order valence-corrected chi connectivity index (χ0v) is 17.4. The van der Waals surface area contributed by atoms with Gasteiger partial charge in [0.2, 0.25) is 5.91 Å². The summed E-state index contributed by atoms with van der Waals surface area (Å²) in [6, 6.07) is 6.45. The number of benzene rings is 1. The molecule has 2 rings (SSSR count). The minimum atomic E-state index is -0.277. The standard InChI is InChI=1S/C21H33FN4O2/c1-5-25(6-2)21(28)26-12-10-16(11-13-26)20(27)23-15-19(24(3)4)17-8-7-9-18(22)14-17/h7-9,14,16,19H,5-6,10-13,15H2,1-4H3,(H,23,27). The Morgan fingerprint density at radius 2 is 1.86 bits per heavy atom. The van der Waals surface area contributed by atoms with Gasteiger partial charge in [0, 0.05) is 38.6 Å². The van der Waals surface area contributed by atoms with Gasteiger partial charge in [-0.1, -0.05) is 12.1 Å². The zero-order chi connectivity index (χ0) is 20.7. The first-order chi connectivity index (χ1) is 13.4. The third-order valence-corrected chi connectivity index (χ3v) is 5.50. The molecule has 1 aromatic carbocycles. The van der Waals surface area contributed by atoms with Gasteiger partial charge in [-0.3, -0.25) is 4.79 Å². The Morgan fingerprint density at radius 3 is 2.39 bits per heavy atom. The zero-order valence-electron chi connectivity index (χ0n) is 17.4. The van der Waals surface area contributed by atoms with E-state index in [9.17, 15) is 14.0 Å². The van der Waals surface area contributed by atoms with E-state index in [4.69, 9.17) is 0 Å². The summed E-state index contributed by atoms with van der Waals surface area (Å²) in [5.74, 6) is -0.352. The Kier molecular flexibility index (Phi) is 8.23. The van der Waals surface area contributed by atoms with Gasteiger partial charge in [0.15, 0.2) is 0 Å². The quantitative estimate of drug-likeness (QED) is 0.776. The van der Waals surface area contributed by atoms with Crippen LogP contribution in [-0.4, -0.2) is 73.5 Å². The van der Waals surface area contributed by atoms with Crippen LogP contribution >= 0.6 is 0 Å². The van der Waals surface area contributed by atoms with E-state index in [1.165, 1.54) is 12.1 Å². The largest absolute Gasteiger partial charge is 0.354 e. The highest BCUT2D eigenvalue weighted by Gasteiger charge is 2.29. The molecule has 1 heterocycles. The van der Waals surface area contributed by atoms with E-state index in [0.29, 0.717) is 45.6 Å². The Balaban J connectivity index is 1.87. The molecule has 3 amide bonds. The lowest BCUT2D eigenvalue weighted by molar-refractivity contribution is -0.126. The highest BCUT2D eigenvalue weighted by Crippen LogP contribution is 2.21. The number of hydrogen-bond donors (Lipinski definition) is 1. The molecule has 6 nitrogen and oxygen atoms in total. The molecule has 1 aliphatic rings. The molecule has 7 heteroatoms. The molecule has 0 spiro atoms. The summed E-state index contributed by atoms with van der Waals surface area (Å²) >= 11 is 0. The van der Waals surface area contributed by atoms with E-state index in [2.05, 4.69) is 5.32 Å². The van der Waals surface area contributed by atoms with E-state index < -0.39 is 0 Å². The van der Waals surface area contributed by atoms with Crippen molar-refractivity contribution >= 4 is 11.9 Å². The molecule has 1 saturated heterocycles. The number of hydrogen-bond acceptors (Lipinski definition) is 3. The lowest BCUT2D eigenvalue weighted by Gasteiger charge is -2.35. The van der Waals surface area contributed by atoms with Crippen molar-refractivity contribution in [2.45, 2.75) is 32.7 Å². The summed E-state index contributed by atoms with van der Waals surface area (Å²) in [5.41, 5.74) is 0.838. The number of likely N-dealkylation sites (N-methyl/N-ethyl adjacent to an activating group) is 1. The normalized spacial score (nSPS) is 16.1. The van der Waals surface area contributed by atoms with Gasteiger partial charge >= 0.3 is 6.03 Å². The number of piperidine rings is 1. The van der Waals surface area contributed by atoms with Gasteiger partial charge in [-0.2, -0.15) is 0 Å². The van der Waals surface area contributed by atoms with Crippen LogP contribution in [0.5, 0.6) is 0 Å². The average Bonchev–Trinajstić information content (AvgIpc) is 2.68. The number of likely N-dealkylation sites (tertiary alicyclic amines) is 1. The Morgan fingerprint density at radius 1 is 1.21 bits per heavy atom. The summed E-state index contributed by atoms with van der Waals surface area (Å²) < 4.78 is 13.5. The Labute approximate surface area is 167 Å². The van der Waals surface area contributed by atoms with Gasteiger partial charge in [-0.15, -0.1) is 0 Å². The Hall–Kier alpha value is -2.15. The summed E-state index contributed by atoms with van der Waals surface area (Å²) in [6.45, 7) is 6.98. The molecule has 28 heavy (non-hydrogen) atoms. The first-order valence-corrected chi connectivity index (χ1v) is 10.1. The van der Waals surface area contributed by atoms with E-state index in [1.807, 2.05) is 43.8 Å². The van der Waals surface area contributed by atoms with Crippen LogP contribution in [0.4, 0.5) is 9.18 Å². The summed E-state index contributed by atoms with van der Waals surface area (Å²) in [6.07, 6.45) is 1.34. The Bertz CT molecular complexity index is 656. The van der Waals surface area contributed by atoms with Crippen LogP contribution in [0.1, 0.15) is 38.3 Å². The van der Waals surface area contributed by atoms with Crippen LogP contribution in [0.15, 0.2) is 24.3 Å². The summed E-state index contributed by atoms with van der Waals surface area (Å²) in [4.78, 5) is 30.7. The summed E-state index contributed by atoms with van der Waals surface area (Å²) in [7, 11) is 3.83. The summed E-state index contributed by atoms with van der Waals surface area (Å²) in [5, 5.41) is 3.02. The SMILES string of the molecule is CCN(CC)C(=O)N1CCC(C(=O)NCC(c2cccc(F)c2)N(C)C)CC1. The van der Waals surface area contributed by atoms with E-state index in [1.54, 1.807) is 11.0 Å². The van der Waals surface area contributed by atoms with Crippen LogP contribution in [0.25, 0.3) is 0 Å². The van der Waals surface area contributed by atoms with Crippen molar-refractivity contribution in [2.75, 3.05) is 46.8 Å². The van der Waals surface area contributed by atoms with Crippen LogP contribution in [-0.2, 0) is 4.79 Å². The monoisotopic (exact) mass is 392 g/mol. The fourth-order valence-corrected chi connectivity index (χ4v) is 3.68. The van der Waals surface area contributed by atoms with Crippen LogP contribution in [0.2, 0.25) is 0 Å². The number of carbonyl (C=O) groups excluding carboxylic acids is 2. The molecule has 1 N–H and O–H groups in total. The topological polar surface area (TPSA) is 55.9 Å². The second-order valence-corrected chi connectivity index (χ2v) is 7.50. The maximum atomic E-state index is 13.5. The molecular weight excluding hydrogens is 359 g/mol. The molecule has 0 saturated carbocycles.